The van der Waals surface area contributed by atoms with Gasteiger partial charge in [-0.05, 0) is 48.2 Å². The second kappa shape index (κ2) is 8.46. The lowest BCUT2D eigenvalue weighted by atomic mass is 10.1. The van der Waals surface area contributed by atoms with Crippen LogP contribution in [0.1, 0.15) is 12.6 Å². The number of nitrogens with zero attached hydrogens (tertiary/aromatic N) is 6. The molecular formula is C22H19FN6O5. The predicted octanol–water partition coefficient (Wildman–Crippen LogP) is 3.32. The van der Waals surface area contributed by atoms with Crippen LogP contribution in [0, 0.1) is 15.9 Å². The van der Waals surface area contributed by atoms with E-state index in [1.54, 1.807) is 39.7 Å². The van der Waals surface area contributed by atoms with E-state index in [2.05, 4.69) is 15.3 Å². The summed E-state index contributed by atoms with van der Waals surface area (Å²) >= 11 is 0. The van der Waals surface area contributed by atoms with Gasteiger partial charge in [-0.25, -0.2) is 9.07 Å². The normalized spacial score (nSPS) is 16.6. The molecule has 0 fully saturated rings. The first-order chi connectivity index (χ1) is 16.4. The fourth-order valence-corrected chi connectivity index (χ4v) is 3.49. The maximum Gasteiger partial charge on any atom is 0.415 e. The summed E-state index contributed by atoms with van der Waals surface area (Å²) in [6.45, 7) is 2.62. The van der Waals surface area contributed by atoms with Crippen LogP contribution in [-0.2, 0) is 13.2 Å². The molecule has 0 N–H and O–H groups in total. The van der Waals surface area contributed by atoms with Gasteiger partial charge in [-0.2, -0.15) is 0 Å². The highest BCUT2D eigenvalue weighted by Crippen LogP contribution is 2.31. The van der Waals surface area contributed by atoms with E-state index in [0.29, 0.717) is 23.7 Å². The monoisotopic (exact) mass is 466 g/mol. The molecule has 0 saturated heterocycles. The number of aromatic nitrogens is 5. The number of imidazole rings is 1. The average Bonchev–Trinajstić information content (AvgIpc) is 3.52. The van der Waals surface area contributed by atoms with E-state index in [0.717, 1.165) is 5.69 Å². The summed E-state index contributed by atoms with van der Waals surface area (Å²) in [6.07, 6.45) is 3.08. The molecule has 5 rings (SSSR count). The molecule has 34 heavy (non-hydrogen) atoms. The van der Waals surface area contributed by atoms with E-state index in [1.165, 1.54) is 18.3 Å². The van der Waals surface area contributed by atoms with Gasteiger partial charge in [0.2, 0.25) is 0 Å². The zero-order valence-corrected chi connectivity index (χ0v) is 18.0. The Morgan fingerprint density at radius 3 is 2.76 bits per heavy atom. The molecule has 0 radical (unpaired) electrons. The lowest BCUT2D eigenvalue weighted by Gasteiger charge is -2.22. The molecule has 0 spiro atoms. The highest BCUT2D eigenvalue weighted by Gasteiger charge is 2.41. The average molecular weight is 466 g/mol. The maximum atomic E-state index is 13.0. The van der Waals surface area contributed by atoms with Crippen molar-refractivity contribution in [2.75, 3.05) is 6.61 Å². The first kappa shape index (κ1) is 21.4. The third kappa shape index (κ3) is 4.51. The molecule has 3 heterocycles. The van der Waals surface area contributed by atoms with E-state index in [4.69, 9.17) is 14.2 Å². The molecule has 0 unspecified atom stereocenters. The Kier molecular flexibility index (Phi) is 5.32. The quantitative estimate of drug-likeness (QED) is 0.287. The fraction of sp³-hybridized carbons (Fsp3) is 0.227. The van der Waals surface area contributed by atoms with Gasteiger partial charge in [-0.1, -0.05) is 11.3 Å². The van der Waals surface area contributed by atoms with Crippen LogP contribution in [0.2, 0.25) is 0 Å². The molecular weight excluding hydrogens is 447 g/mol. The number of halogens is 1. The van der Waals surface area contributed by atoms with Crippen molar-refractivity contribution in [3.8, 4) is 23.2 Å². The van der Waals surface area contributed by atoms with Crippen LogP contribution in [-0.4, -0.2) is 41.7 Å². The standard InChI is InChI=1S/C22H19FN6O5/c1-22(13-27-11-20(29(30)31)24-21(27)34-22)14-33-19-4-2-3-17(9-19)28-10-16(25-26-28)12-32-18-7-5-15(23)6-8-18/h2-11H,12-14H2,1H3/t22-/m1/s1. The largest absolute Gasteiger partial charge is 0.489 e. The summed E-state index contributed by atoms with van der Waals surface area (Å²) in [6, 6.07) is 13.2. The molecule has 11 nitrogen and oxygen atoms in total. The Balaban J connectivity index is 1.20. The van der Waals surface area contributed by atoms with Crippen LogP contribution in [0.3, 0.4) is 0 Å². The Bertz CT molecular complexity index is 1310. The van der Waals surface area contributed by atoms with Gasteiger partial charge in [0, 0.05) is 11.1 Å². The van der Waals surface area contributed by atoms with Gasteiger partial charge < -0.3 is 24.3 Å². The molecule has 1 aliphatic heterocycles. The summed E-state index contributed by atoms with van der Waals surface area (Å²) in [5.41, 5.74) is 0.621. The van der Waals surface area contributed by atoms with Gasteiger partial charge >= 0.3 is 11.8 Å². The number of benzene rings is 2. The molecule has 12 heteroatoms. The van der Waals surface area contributed by atoms with E-state index in [-0.39, 0.29) is 30.9 Å². The molecule has 0 bridgehead atoms. The van der Waals surface area contributed by atoms with E-state index < -0.39 is 10.5 Å². The van der Waals surface area contributed by atoms with E-state index in [1.807, 2.05) is 19.1 Å². The highest BCUT2D eigenvalue weighted by molar-refractivity contribution is 5.38. The molecule has 0 amide bonds. The minimum atomic E-state index is -0.717. The lowest BCUT2D eigenvalue weighted by molar-refractivity contribution is -0.389. The van der Waals surface area contributed by atoms with Crippen molar-refractivity contribution in [1.29, 1.82) is 0 Å². The lowest BCUT2D eigenvalue weighted by Crippen LogP contribution is -2.38. The van der Waals surface area contributed by atoms with Crippen LogP contribution in [0.5, 0.6) is 17.5 Å². The van der Waals surface area contributed by atoms with Gasteiger partial charge in [0.05, 0.1) is 18.4 Å². The number of rotatable bonds is 8. The first-order valence-electron chi connectivity index (χ1n) is 10.3. The summed E-state index contributed by atoms with van der Waals surface area (Å²) in [5.74, 6) is 0.549. The first-order valence-corrected chi connectivity index (χ1v) is 10.3. The minimum absolute atomic E-state index is 0.185. The van der Waals surface area contributed by atoms with Crippen molar-refractivity contribution >= 4 is 5.82 Å². The molecule has 2 aromatic heterocycles. The number of nitro groups is 1. The molecule has 174 valence electrons. The molecule has 0 aliphatic carbocycles. The van der Waals surface area contributed by atoms with Crippen molar-refractivity contribution < 1.29 is 23.5 Å². The Hall–Kier alpha value is -4.48. The Morgan fingerprint density at radius 2 is 2.00 bits per heavy atom. The van der Waals surface area contributed by atoms with Crippen LogP contribution >= 0.6 is 0 Å². The zero-order chi connectivity index (χ0) is 23.7. The van der Waals surface area contributed by atoms with Crippen molar-refractivity contribution in [3.63, 3.8) is 0 Å². The number of hydrogen-bond donors (Lipinski definition) is 0. The fourth-order valence-electron chi connectivity index (χ4n) is 3.49. The van der Waals surface area contributed by atoms with E-state index in [9.17, 15) is 14.5 Å². The van der Waals surface area contributed by atoms with Gasteiger partial charge in [-0.15, -0.1) is 5.10 Å². The van der Waals surface area contributed by atoms with Crippen molar-refractivity contribution in [1.82, 2.24) is 24.5 Å². The molecule has 1 aliphatic rings. The van der Waals surface area contributed by atoms with E-state index >= 15 is 0 Å². The van der Waals surface area contributed by atoms with Gasteiger partial charge in [0.1, 0.15) is 42.4 Å². The topological polar surface area (TPSA) is 119 Å². The third-order valence-corrected chi connectivity index (χ3v) is 5.12. The number of hydrogen-bond acceptors (Lipinski definition) is 8. The molecule has 0 saturated carbocycles. The second-order valence-electron chi connectivity index (χ2n) is 8.00. The molecule has 4 aromatic rings. The maximum absolute atomic E-state index is 13.0. The van der Waals surface area contributed by atoms with Gasteiger partial charge in [-0.3, -0.25) is 4.57 Å². The molecule has 1 atom stereocenters. The van der Waals surface area contributed by atoms with Crippen molar-refractivity contribution in [3.05, 3.63) is 82.6 Å². The molecule has 2 aromatic carbocycles. The van der Waals surface area contributed by atoms with Crippen molar-refractivity contribution in [2.45, 2.75) is 25.7 Å². The van der Waals surface area contributed by atoms with Crippen LogP contribution < -0.4 is 14.2 Å². The van der Waals surface area contributed by atoms with Crippen LogP contribution in [0.4, 0.5) is 10.2 Å². The SMILES string of the molecule is C[C@]1(COc2cccc(-n3cc(COc4ccc(F)cc4)nn3)c2)Cn2cc([N+](=O)[O-])nc2O1. The van der Waals surface area contributed by atoms with Crippen LogP contribution in [0.15, 0.2) is 60.9 Å². The zero-order valence-electron chi connectivity index (χ0n) is 18.0. The summed E-state index contributed by atoms with van der Waals surface area (Å²) in [4.78, 5) is 14.2. The third-order valence-electron chi connectivity index (χ3n) is 5.12. The van der Waals surface area contributed by atoms with Crippen molar-refractivity contribution in [2.24, 2.45) is 0 Å². The van der Waals surface area contributed by atoms with Crippen LogP contribution in [0.25, 0.3) is 5.69 Å². The highest BCUT2D eigenvalue weighted by atomic mass is 19.1. The van der Waals surface area contributed by atoms with Gasteiger partial charge in [0.15, 0.2) is 5.60 Å². The summed E-state index contributed by atoms with van der Waals surface area (Å²) in [5, 5.41) is 19.1. The number of ether oxygens (including phenoxy) is 3. The number of fused-ring (bicyclic) bond motifs is 1. The predicted molar refractivity (Wildman–Crippen MR) is 116 cm³/mol. The minimum Gasteiger partial charge on any atom is -0.489 e. The summed E-state index contributed by atoms with van der Waals surface area (Å²) in [7, 11) is 0. The smallest absolute Gasteiger partial charge is 0.415 e. The second-order valence-corrected chi connectivity index (χ2v) is 8.00. The Morgan fingerprint density at radius 1 is 1.18 bits per heavy atom. The summed E-state index contributed by atoms with van der Waals surface area (Å²) < 4.78 is 33.5. The van der Waals surface area contributed by atoms with Gasteiger partial charge in [0.25, 0.3) is 0 Å². The Labute approximate surface area is 192 Å².